The van der Waals surface area contributed by atoms with Gasteiger partial charge in [-0.2, -0.15) is 0 Å². The van der Waals surface area contributed by atoms with Crippen molar-refractivity contribution in [2.24, 2.45) is 5.73 Å². The summed E-state index contributed by atoms with van der Waals surface area (Å²) in [6, 6.07) is -2.59. The summed E-state index contributed by atoms with van der Waals surface area (Å²) in [5, 5.41) is 21.3. The molecule has 0 aliphatic heterocycles. The van der Waals surface area contributed by atoms with Crippen molar-refractivity contribution >= 4 is 45.3 Å². The van der Waals surface area contributed by atoms with Crippen molar-refractivity contribution in [2.75, 3.05) is 11.5 Å². The van der Waals surface area contributed by atoms with Gasteiger partial charge in [0.1, 0.15) is 0 Å². The van der Waals surface area contributed by atoms with Gasteiger partial charge in [0.15, 0.2) is 0 Å². The van der Waals surface area contributed by atoms with Gasteiger partial charge >= 0.3 is 59.1 Å². The third kappa shape index (κ3) is 10.5. The molecule has 114 valence electrons. The van der Waals surface area contributed by atoms with E-state index in [9.17, 15) is 29.4 Å². The first-order valence-electron chi connectivity index (χ1n) is 5.40. The zero-order valence-electron chi connectivity index (χ0n) is 12.9. The Hall–Kier alpha value is 0.740. The summed E-state index contributed by atoms with van der Waals surface area (Å²) in [7, 11) is 1.98. The van der Waals surface area contributed by atoms with Crippen molar-refractivity contribution < 1.29 is 88.5 Å². The number of amides is 2. The van der Waals surface area contributed by atoms with Crippen molar-refractivity contribution in [3.05, 3.63) is 0 Å². The molecule has 0 spiro atoms. The summed E-state index contributed by atoms with van der Waals surface area (Å²) in [6.07, 6.45) is 0. The van der Waals surface area contributed by atoms with E-state index >= 15 is 0 Å². The van der Waals surface area contributed by atoms with Gasteiger partial charge in [-0.15, -0.1) is 0 Å². The van der Waals surface area contributed by atoms with Gasteiger partial charge in [0.05, 0.1) is 24.0 Å². The molecule has 2 atom stereocenters. The molecule has 0 bridgehead atoms. The quantitative estimate of drug-likeness (QED) is 0.251. The molecular weight excluding hydrogens is 354 g/mol. The predicted octanol–water partition coefficient (Wildman–Crippen LogP) is -9.03. The van der Waals surface area contributed by atoms with Crippen LogP contribution in [0.3, 0.4) is 0 Å². The minimum absolute atomic E-state index is 0. The summed E-state index contributed by atoms with van der Waals surface area (Å²) in [5.41, 5.74) is 5.21. The first-order valence-corrected chi connectivity index (χ1v) is 7.89. The molecule has 0 rings (SSSR count). The van der Waals surface area contributed by atoms with E-state index < -0.39 is 35.8 Å². The van der Waals surface area contributed by atoms with Crippen LogP contribution in [0.5, 0.6) is 0 Å². The fourth-order valence-electron chi connectivity index (χ4n) is 1.21. The van der Waals surface area contributed by atoms with Gasteiger partial charge in [0.25, 0.3) is 0 Å². The number of rotatable bonds is 8. The van der Waals surface area contributed by atoms with Gasteiger partial charge in [-0.3, -0.25) is 14.5 Å². The van der Waals surface area contributed by atoms with Crippen LogP contribution in [0, 0.1) is 0 Å². The predicted molar refractivity (Wildman–Crippen MR) is 69.9 cm³/mol. The van der Waals surface area contributed by atoms with Crippen LogP contribution in [0.1, 0.15) is 13.8 Å². The number of carboxylic acids is 2. The van der Waals surface area contributed by atoms with E-state index in [1.807, 2.05) is 0 Å². The Labute approximate surface area is 180 Å². The molecule has 0 radical (unpaired) electrons. The monoisotopic (exact) mass is 368 g/mol. The summed E-state index contributed by atoms with van der Waals surface area (Å²) in [4.78, 5) is 44.4. The summed E-state index contributed by atoms with van der Waals surface area (Å²) >= 11 is 0. The number of carbonyl (C=O) groups is 4. The van der Waals surface area contributed by atoms with E-state index in [1.54, 1.807) is 0 Å². The molecule has 0 aromatic heterocycles. The molecule has 0 unspecified atom stereocenters. The number of hydrogen-bond donors (Lipinski definition) is 1. The van der Waals surface area contributed by atoms with Gasteiger partial charge in [-0.05, 0) is 0 Å². The topological polar surface area (TPSA) is 144 Å². The molecule has 0 saturated heterocycles. The minimum atomic E-state index is -1.56. The van der Waals surface area contributed by atoms with Gasteiger partial charge in [0, 0.05) is 25.4 Å². The Bertz CT molecular complexity index is 399. The van der Waals surface area contributed by atoms with Crippen LogP contribution in [-0.2, 0) is 19.2 Å². The van der Waals surface area contributed by atoms with E-state index in [2.05, 4.69) is 0 Å². The van der Waals surface area contributed by atoms with E-state index in [0.29, 0.717) is 4.90 Å². The Balaban J connectivity index is -0.00000180. The maximum Gasteiger partial charge on any atom is 1.00 e. The molecule has 12 heteroatoms. The molecule has 2 amide bonds. The SMILES string of the molecule is CC(=O)N(C(C)=O)[C@@H](CSSC[C@H](N)C(=O)[O-])C(=O)[O-].[Na+].[Na+]. The molecule has 0 aromatic carbocycles. The largest absolute Gasteiger partial charge is 1.00 e. The average molecular weight is 368 g/mol. The van der Waals surface area contributed by atoms with Gasteiger partial charge < -0.3 is 25.5 Å². The van der Waals surface area contributed by atoms with E-state index in [0.717, 1.165) is 35.4 Å². The maximum absolute atomic E-state index is 11.3. The zero-order valence-corrected chi connectivity index (χ0v) is 18.5. The van der Waals surface area contributed by atoms with Crippen molar-refractivity contribution in [1.29, 1.82) is 0 Å². The molecular formula is C10H14N2Na2O6S2. The van der Waals surface area contributed by atoms with Crippen LogP contribution in [0.15, 0.2) is 0 Å². The van der Waals surface area contributed by atoms with Crippen LogP contribution in [-0.4, -0.2) is 52.2 Å². The van der Waals surface area contributed by atoms with E-state index in [1.165, 1.54) is 0 Å². The molecule has 2 N–H and O–H groups in total. The molecule has 0 fully saturated rings. The molecule has 0 saturated carbocycles. The van der Waals surface area contributed by atoms with E-state index in [-0.39, 0.29) is 70.6 Å². The average Bonchev–Trinajstić information content (AvgIpc) is 2.30. The Kier molecular flexibility index (Phi) is 17.7. The first-order chi connectivity index (χ1) is 9.18. The minimum Gasteiger partial charge on any atom is -0.548 e. The van der Waals surface area contributed by atoms with Crippen molar-refractivity contribution in [3.8, 4) is 0 Å². The van der Waals surface area contributed by atoms with Crippen molar-refractivity contribution in [3.63, 3.8) is 0 Å². The molecule has 0 aliphatic carbocycles. The van der Waals surface area contributed by atoms with Crippen LogP contribution in [0.25, 0.3) is 0 Å². The number of nitrogens with zero attached hydrogens (tertiary/aromatic N) is 1. The summed E-state index contributed by atoms with van der Waals surface area (Å²) in [5.74, 6) is -4.51. The first kappa shape index (κ1) is 27.6. The normalized spacial score (nSPS) is 12.1. The molecule has 22 heavy (non-hydrogen) atoms. The Morgan fingerprint density at radius 3 is 1.68 bits per heavy atom. The van der Waals surface area contributed by atoms with Crippen LogP contribution in [0.4, 0.5) is 0 Å². The number of carbonyl (C=O) groups excluding carboxylic acids is 4. The second-order valence-corrected chi connectivity index (χ2v) is 6.29. The summed E-state index contributed by atoms with van der Waals surface area (Å²) < 4.78 is 0. The number of carboxylic acid groups (broad SMARTS) is 2. The fourth-order valence-corrected chi connectivity index (χ4v) is 3.50. The number of aliphatic carboxylic acids is 2. The second kappa shape index (κ2) is 14.1. The fraction of sp³-hybridized carbons (Fsp3) is 0.600. The van der Waals surface area contributed by atoms with Crippen molar-refractivity contribution in [1.82, 2.24) is 4.90 Å². The van der Waals surface area contributed by atoms with E-state index in [4.69, 9.17) is 5.73 Å². The zero-order chi connectivity index (χ0) is 15.9. The van der Waals surface area contributed by atoms with Crippen molar-refractivity contribution in [2.45, 2.75) is 25.9 Å². The van der Waals surface area contributed by atoms with Crippen LogP contribution >= 0.6 is 21.6 Å². The standard InChI is InChI=1S/C10H16N2O6S2.2Na/c1-5(13)12(6(2)14)8(10(17)18)4-20-19-3-7(11)9(15)16;;/h7-8H,3-4,11H2,1-2H3,(H,15,16)(H,17,18);;/q;2*+1/p-2/t7-,8-;;/m0../s1. The molecule has 0 aromatic rings. The third-order valence-electron chi connectivity index (χ3n) is 2.12. The van der Waals surface area contributed by atoms with Gasteiger partial charge in [-0.25, -0.2) is 0 Å². The molecule has 0 heterocycles. The molecule has 8 nitrogen and oxygen atoms in total. The maximum atomic E-state index is 11.3. The number of hydrogen-bond acceptors (Lipinski definition) is 9. The number of nitrogens with two attached hydrogens (primary N) is 1. The Morgan fingerprint density at radius 2 is 1.36 bits per heavy atom. The van der Waals surface area contributed by atoms with Gasteiger partial charge in [0.2, 0.25) is 11.8 Å². The van der Waals surface area contributed by atoms with Crippen LogP contribution < -0.4 is 75.1 Å². The molecule has 0 aliphatic rings. The van der Waals surface area contributed by atoms with Gasteiger partial charge in [-0.1, -0.05) is 21.6 Å². The smallest absolute Gasteiger partial charge is 0.548 e. The number of imide groups is 1. The van der Waals surface area contributed by atoms with Crippen LogP contribution in [0.2, 0.25) is 0 Å². The third-order valence-corrected chi connectivity index (χ3v) is 4.55. The summed E-state index contributed by atoms with van der Waals surface area (Å²) in [6.45, 7) is 2.14. The Morgan fingerprint density at radius 1 is 0.955 bits per heavy atom. The second-order valence-electron chi connectivity index (χ2n) is 3.74.